The van der Waals surface area contributed by atoms with Crippen LogP contribution in [0.1, 0.15) is 10.6 Å². The van der Waals surface area contributed by atoms with Crippen LogP contribution in [0, 0.1) is 0 Å². The molecule has 0 spiro atoms. The molecule has 7 heteroatoms. The molecule has 2 aromatic heterocycles. The van der Waals surface area contributed by atoms with Crippen LogP contribution in [0.3, 0.4) is 0 Å². The number of fused-ring (bicyclic) bond motifs is 2. The van der Waals surface area contributed by atoms with Crippen molar-refractivity contribution >= 4 is 55.4 Å². The van der Waals surface area contributed by atoms with Crippen LogP contribution in [0.25, 0.3) is 33.1 Å². The molecule has 5 nitrogen and oxygen atoms in total. The molecule has 0 amide bonds. The Morgan fingerprint density at radius 3 is 2.45 bits per heavy atom. The van der Waals surface area contributed by atoms with E-state index in [9.17, 15) is 9.59 Å². The quantitative estimate of drug-likeness (QED) is 0.156. The average Bonchev–Trinajstić information content (AvgIpc) is 3.17. The topological polar surface area (TPSA) is 69.7 Å². The monoisotopic (exact) mass is 494 g/mol. The number of benzene rings is 3. The third-order valence-corrected chi connectivity index (χ3v) is 5.50. The van der Waals surface area contributed by atoms with Gasteiger partial charge in [0, 0.05) is 26.3 Å². The third kappa shape index (κ3) is 3.87. The van der Waals surface area contributed by atoms with Crippen molar-refractivity contribution in [3.63, 3.8) is 0 Å². The number of hydrogen-bond acceptors (Lipinski definition) is 5. The van der Waals surface area contributed by atoms with Crippen LogP contribution >= 0.6 is 27.5 Å². The van der Waals surface area contributed by atoms with Crippen molar-refractivity contribution in [1.82, 2.24) is 0 Å². The Morgan fingerprint density at radius 1 is 0.839 bits per heavy atom. The summed E-state index contributed by atoms with van der Waals surface area (Å²) in [5.74, 6) is -0.332. The first-order valence-electron chi connectivity index (χ1n) is 9.21. The molecule has 5 rings (SSSR count). The zero-order valence-electron chi connectivity index (χ0n) is 15.7. The molecular formula is C24H12BrClO5. The summed E-state index contributed by atoms with van der Waals surface area (Å²) < 4.78 is 17.3. The molecule has 152 valence electrons. The lowest BCUT2D eigenvalue weighted by molar-refractivity contribution is 0.0704. The standard InChI is InChI=1S/C24H12BrClO5/c25-16-4-8-20-15(9-16)11-22(30-20)24(28)29-18-7-3-14-10-19(23(27)31-21(14)12-18)13-1-5-17(26)6-2-13/h1-12H. The number of carbonyl (C=O) groups excluding carboxylic acids is 1. The van der Waals surface area contributed by atoms with Gasteiger partial charge in [-0.3, -0.25) is 0 Å². The molecule has 3 aromatic carbocycles. The van der Waals surface area contributed by atoms with E-state index in [1.165, 1.54) is 6.07 Å². The number of halogens is 2. The minimum Gasteiger partial charge on any atom is -0.449 e. The van der Waals surface area contributed by atoms with Gasteiger partial charge in [-0.25, -0.2) is 9.59 Å². The Balaban J connectivity index is 1.45. The van der Waals surface area contributed by atoms with E-state index in [2.05, 4.69) is 15.9 Å². The minimum absolute atomic E-state index is 0.0766. The van der Waals surface area contributed by atoms with Gasteiger partial charge >= 0.3 is 11.6 Å². The molecule has 0 saturated heterocycles. The summed E-state index contributed by atoms with van der Waals surface area (Å²) in [7, 11) is 0. The number of rotatable bonds is 3. The summed E-state index contributed by atoms with van der Waals surface area (Å²) in [6.07, 6.45) is 0. The van der Waals surface area contributed by atoms with E-state index in [1.807, 2.05) is 12.1 Å². The van der Waals surface area contributed by atoms with Crippen LogP contribution in [0.4, 0.5) is 0 Å². The van der Waals surface area contributed by atoms with E-state index in [0.717, 1.165) is 9.86 Å². The molecule has 0 unspecified atom stereocenters. The lowest BCUT2D eigenvalue weighted by Crippen LogP contribution is -2.07. The summed E-state index contributed by atoms with van der Waals surface area (Å²) in [5, 5.41) is 2.05. The zero-order valence-corrected chi connectivity index (χ0v) is 18.1. The fourth-order valence-corrected chi connectivity index (χ4v) is 3.76. The van der Waals surface area contributed by atoms with Gasteiger partial charge in [-0.2, -0.15) is 0 Å². The summed E-state index contributed by atoms with van der Waals surface area (Å²) in [4.78, 5) is 25.0. The van der Waals surface area contributed by atoms with Crippen molar-refractivity contribution in [2.45, 2.75) is 0 Å². The normalized spacial score (nSPS) is 11.2. The van der Waals surface area contributed by atoms with E-state index in [-0.39, 0.29) is 11.5 Å². The largest absolute Gasteiger partial charge is 0.449 e. The average molecular weight is 496 g/mol. The van der Waals surface area contributed by atoms with E-state index < -0.39 is 11.6 Å². The van der Waals surface area contributed by atoms with E-state index in [4.69, 9.17) is 25.2 Å². The Morgan fingerprint density at radius 2 is 1.65 bits per heavy atom. The molecule has 0 aliphatic carbocycles. The molecule has 0 atom stereocenters. The highest BCUT2D eigenvalue weighted by Crippen LogP contribution is 2.27. The Kier molecular flexibility index (Phi) is 4.88. The number of hydrogen-bond donors (Lipinski definition) is 0. The van der Waals surface area contributed by atoms with Crippen molar-refractivity contribution < 1.29 is 18.4 Å². The smallest absolute Gasteiger partial charge is 0.379 e. The second-order valence-electron chi connectivity index (χ2n) is 6.84. The van der Waals surface area contributed by atoms with Gasteiger partial charge in [0.2, 0.25) is 5.76 Å². The zero-order chi connectivity index (χ0) is 21.5. The van der Waals surface area contributed by atoms with Crippen LogP contribution in [0.15, 0.2) is 90.9 Å². The second kappa shape index (κ2) is 7.72. The van der Waals surface area contributed by atoms with Gasteiger partial charge in [0.1, 0.15) is 16.9 Å². The van der Waals surface area contributed by atoms with Crippen molar-refractivity contribution in [1.29, 1.82) is 0 Å². The summed E-state index contributed by atoms with van der Waals surface area (Å²) in [6.45, 7) is 0. The lowest BCUT2D eigenvalue weighted by atomic mass is 10.1. The van der Waals surface area contributed by atoms with Gasteiger partial charge in [-0.15, -0.1) is 0 Å². The molecular weight excluding hydrogens is 484 g/mol. The van der Waals surface area contributed by atoms with Crippen molar-refractivity contribution in [3.05, 3.63) is 98.5 Å². The van der Waals surface area contributed by atoms with E-state index in [0.29, 0.717) is 32.7 Å². The molecule has 0 fully saturated rings. The molecule has 0 bridgehead atoms. The molecule has 0 aliphatic heterocycles. The third-order valence-electron chi connectivity index (χ3n) is 4.75. The van der Waals surface area contributed by atoms with Crippen LogP contribution in [-0.4, -0.2) is 5.97 Å². The Hall–Kier alpha value is -3.35. The van der Waals surface area contributed by atoms with Crippen molar-refractivity contribution in [3.8, 4) is 16.9 Å². The summed E-state index contributed by atoms with van der Waals surface area (Å²) in [6, 6.07) is 20.5. The van der Waals surface area contributed by atoms with E-state index >= 15 is 0 Å². The number of ether oxygens (including phenoxy) is 1. The highest BCUT2D eigenvalue weighted by Gasteiger charge is 2.16. The number of esters is 1. The molecule has 2 heterocycles. The van der Waals surface area contributed by atoms with Gasteiger partial charge in [0.15, 0.2) is 0 Å². The van der Waals surface area contributed by atoms with Gasteiger partial charge in [-0.05, 0) is 60.2 Å². The van der Waals surface area contributed by atoms with Crippen LogP contribution in [0.5, 0.6) is 5.75 Å². The maximum Gasteiger partial charge on any atom is 0.379 e. The molecule has 31 heavy (non-hydrogen) atoms. The van der Waals surface area contributed by atoms with Gasteiger partial charge in [0.25, 0.3) is 0 Å². The fourth-order valence-electron chi connectivity index (χ4n) is 3.26. The molecule has 0 N–H and O–H groups in total. The summed E-state index contributed by atoms with van der Waals surface area (Å²) in [5.41, 5.74) is 1.51. The highest BCUT2D eigenvalue weighted by molar-refractivity contribution is 9.10. The van der Waals surface area contributed by atoms with Crippen LogP contribution in [0.2, 0.25) is 5.02 Å². The van der Waals surface area contributed by atoms with Gasteiger partial charge in [0.05, 0.1) is 5.56 Å². The molecule has 5 aromatic rings. The highest BCUT2D eigenvalue weighted by atomic mass is 79.9. The lowest BCUT2D eigenvalue weighted by Gasteiger charge is -2.05. The Bertz CT molecular complexity index is 1520. The number of carbonyl (C=O) groups is 1. The fraction of sp³-hybridized carbons (Fsp3) is 0. The SMILES string of the molecule is O=C(Oc1ccc2cc(-c3ccc(Cl)cc3)c(=O)oc2c1)c1cc2cc(Br)ccc2o1. The first kappa shape index (κ1) is 19.6. The van der Waals surface area contributed by atoms with Crippen molar-refractivity contribution in [2.24, 2.45) is 0 Å². The van der Waals surface area contributed by atoms with Crippen LogP contribution in [-0.2, 0) is 0 Å². The minimum atomic E-state index is -0.646. The summed E-state index contributed by atoms with van der Waals surface area (Å²) >= 11 is 9.30. The Labute approximate surface area is 188 Å². The van der Waals surface area contributed by atoms with Crippen molar-refractivity contribution in [2.75, 3.05) is 0 Å². The first-order valence-corrected chi connectivity index (χ1v) is 10.4. The first-order chi connectivity index (χ1) is 15.0. The molecule has 0 radical (unpaired) electrons. The predicted molar refractivity (Wildman–Crippen MR) is 122 cm³/mol. The van der Waals surface area contributed by atoms with E-state index in [1.54, 1.807) is 54.6 Å². The maximum absolute atomic E-state index is 12.5. The van der Waals surface area contributed by atoms with Gasteiger partial charge in [-0.1, -0.05) is 39.7 Å². The van der Waals surface area contributed by atoms with Gasteiger partial charge < -0.3 is 13.6 Å². The second-order valence-corrected chi connectivity index (χ2v) is 8.19. The molecule has 0 saturated carbocycles. The number of furan rings is 1. The predicted octanol–water partition coefficient (Wildman–Crippen LogP) is 6.84. The maximum atomic E-state index is 12.5. The van der Waals surface area contributed by atoms with Crippen LogP contribution < -0.4 is 10.4 Å². The molecule has 0 aliphatic rings.